The minimum Gasteiger partial charge on any atom is -0.285 e. The first-order chi connectivity index (χ1) is 8.70. The number of hydrogen-bond donors (Lipinski definition) is 0. The fraction of sp³-hybridized carbons (Fsp3) is 0.250. The molecule has 0 aliphatic heterocycles. The average molecular weight is 240 g/mol. The van der Waals surface area contributed by atoms with Crippen LogP contribution in [0, 0.1) is 0 Å². The molecule has 0 unspecified atom stereocenters. The van der Waals surface area contributed by atoms with Gasteiger partial charge < -0.3 is 0 Å². The zero-order valence-corrected chi connectivity index (χ0v) is 10.7. The van der Waals surface area contributed by atoms with Crippen LogP contribution in [0.3, 0.4) is 0 Å². The number of rotatable bonds is 4. The predicted octanol–water partition coefficient (Wildman–Crippen LogP) is 2.94. The molecule has 2 nitrogen and oxygen atoms in total. The van der Waals surface area contributed by atoms with Crippen LogP contribution in [-0.4, -0.2) is 0 Å². The number of allylic oxidation sites excluding steroid dienone is 1. The highest BCUT2D eigenvalue weighted by atomic mass is 16.2. The molecule has 0 aromatic heterocycles. The molecule has 0 fully saturated rings. The molecule has 0 spiro atoms. The Morgan fingerprint density at radius 2 is 1.78 bits per heavy atom. The summed E-state index contributed by atoms with van der Waals surface area (Å²) in [5.74, 6) is 0. The third-order valence-corrected chi connectivity index (χ3v) is 3.14. The lowest BCUT2D eigenvalue weighted by Crippen LogP contribution is -2.36. The van der Waals surface area contributed by atoms with E-state index in [9.17, 15) is 9.59 Å². The topological polar surface area (TPSA) is 34.1 Å². The van der Waals surface area contributed by atoms with Gasteiger partial charge in [0.15, 0.2) is 0 Å². The van der Waals surface area contributed by atoms with Crippen molar-refractivity contribution in [3.8, 4) is 11.1 Å². The summed E-state index contributed by atoms with van der Waals surface area (Å²) in [5.41, 5.74) is 2.44. The first-order valence-corrected chi connectivity index (χ1v) is 6.28. The molecule has 0 heterocycles. The maximum Gasteiger partial charge on any atom is 0.234 e. The second-order valence-corrected chi connectivity index (χ2v) is 4.27. The van der Waals surface area contributed by atoms with Gasteiger partial charge in [-0.3, -0.25) is 9.59 Å². The molecule has 2 heteroatoms. The van der Waals surface area contributed by atoms with E-state index in [1.807, 2.05) is 44.2 Å². The summed E-state index contributed by atoms with van der Waals surface area (Å²) in [5, 5.41) is 0. The van der Waals surface area contributed by atoms with Crippen LogP contribution in [0.2, 0.25) is 0 Å². The van der Waals surface area contributed by atoms with Gasteiger partial charge in [0.25, 0.3) is 0 Å². The summed E-state index contributed by atoms with van der Waals surface area (Å²) >= 11 is 0. The van der Waals surface area contributed by atoms with E-state index in [0.717, 1.165) is 24.0 Å². The van der Waals surface area contributed by atoms with E-state index in [1.165, 1.54) is 0 Å². The smallest absolute Gasteiger partial charge is 0.234 e. The first-order valence-electron chi connectivity index (χ1n) is 6.28. The summed E-state index contributed by atoms with van der Waals surface area (Å²) in [7, 11) is 0. The molecule has 0 atom stereocenters. The Morgan fingerprint density at radius 1 is 1.06 bits per heavy atom. The van der Waals surface area contributed by atoms with E-state index >= 15 is 0 Å². The van der Waals surface area contributed by atoms with Gasteiger partial charge in [-0.2, -0.15) is 0 Å². The van der Waals surface area contributed by atoms with Crippen LogP contribution in [0.15, 0.2) is 39.9 Å². The van der Waals surface area contributed by atoms with Crippen LogP contribution in [0.25, 0.3) is 17.2 Å². The highest BCUT2D eigenvalue weighted by molar-refractivity contribution is 5.80. The molecular weight excluding hydrogens is 224 g/mol. The Hall–Kier alpha value is -1.96. The highest BCUT2D eigenvalue weighted by Gasteiger charge is 2.21. The van der Waals surface area contributed by atoms with Crippen molar-refractivity contribution in [2.75, 3.05) is 0 Å². The molecule has 92 valence electrons. The second kappa shape index (κ2) is 5.13. The van der Waals surface area contributed by atoms with Gasteiger partial charge in [0.2, 0.25) is 10.9 Å². The number of aryl methyl sites for hydroxylation is 1. The van der Waals surface area contributed by atoms with Crippen LogP contribution >= 0.6 is 0 Å². The minimum atomic E-state index is -0.361. The first kappa shape index (κ1) is 12.5. The van der Waals surface area contributed by atoms with Crippen molar-refractivity contribution in [2.24, 2.45) is 0 Å². The summed E-state index contributed by atoms with van der Waals surface area (Å²) in [6, 6.07) is 7.77. The number of benzene rings is 1. The van der Waals surface area contributed by atoms with Crippen molar-refractivity contribution >= 4 is 6.08 Å². The Bertz CT molecular complexity index is 656. The lowest BCUT2D eigenvalue weighted by Gasteiger charge is -2.11. The maximum atomic E-state index is 11.8. The zero-order chi connectivity index (χ0) is 13.1. The van der Waals surface area contributed by atoms with Crippen LogP contribution in [0.1, 0.15) is 31.4 Å². The van der Waals surface area contributed by atoms with Crippen LogP contribution in [-0.2, 0) is 6.42 Å². The maximum absolute atomic E-state index is 11.8. The molecule has 0 N–H and O–H groups in total. The van der Waals surface area contributed by atoms with Crippen molar-refractivity contribution in [1.82, 2.24) is 0 Å². The summed E-state index contributed by atoms with van der Waals surface area (Å²) in [6.45, 7) is 4.05. The molecule has 0 radical (unpaired) electrons. The van der Waals surface area contributed by atoms with E-state index in [2.05, 4.69) is 0 Å². The van der Waals surface area contributed by atoms with Crippen molar-refractivity contribution in [3.05, 3.63) is 61.9 Å². The van der Waals surface area contributed by atoms with Crippen molar-refractivity contribution in [1.29, 1.82) is 0 Å². The average Bonchev–Trinajstić information content (AvgIpc) is 2.42. The SMILES string of the molecule is CC/C=C/c1c(-c2ccccc2CC)c(=O)c1=O. The molecule has 2 aromatic carbocycles. The molecule has 0 aliphatic carbocycles. The highest BCUT2D eigenvalue weighted by Crippen LogP contribution is 2.25. The number of hydrogen-bond acceptors (Lipinski definition) is 2. The Labute approximate surface area is 106 Å². The van der Waals surface area contributed by atoms with E-state index < -0.39 is 0 Å². The third kappa shape index (κ3) is 1.94. The van der Waals surface area contributed by atoms with Crippen LogP contribution in [0.5, 0.6) is 0 Å². The molecule has 2 aromatic rings. The van der Waals surface area contributed by atoms with Gasteiger partial charge in [-0.25, -0.2) is 0 Å². The Morgan fingerprint density at radius 3 is 2.44 bits per heavy atom. The summed E-state index contributed by atoms with van der Waals surface area (Å²) in [4.78, 5) is 23.4. The van der Waals surface area contributed by atoms with E-state index in [4.69, 9.17) is 0 Å². The van der Waals surface area contributed by atoms with E-state index in [1.54, 1.807) is 6.08 Å². The van der Waals surface area contributed by atoms with Gasteiger partial charge in [-0.05, 0) is 24.0 Å². The van der Waals surface area contributed by atoms with Gasteiger partial charge in [0.1, 0.15) is 0 Å². The van der Waals surface area contributed by atoms with Gasteiger partial charge >= 0.3 is 0 Å². The fourth-order valence-electron chi connectivity index (χ4n) is 2.14. The molecule has 0 saturated carbocycles. The Kier molecular flexibility index (Phi) is 3.56. The zero-order valence-electron chi connectivity index (χ0n) is 10.7. The standard InChI is InChI=1S/C16H16O2/c1-3-5-9-13-14(16(18)15(13)17)12-10-7-6-8-11(12)4-2/h5-10H,3-4H2,1-2H3/b9-5+. The Balaban J connectivity index is 2.59. The second-order valence-electron chi connectivity index (χ2n) is 4.27. The van der Waals surface area contributed by atoms with Crippen LogP contribution in [0.4, 0.5) is 0 Å². The molecule has 0 saturated heterocycles. The molecule has 0 amide bonds. The van der Waals surface area contributed by atoms with Crippen molar-refractivity contribution < 1.29 is 0 Å². The van der Waals surface area contributed by atoms with E-state index in [0.29, 0.717) is 11.1 Å². The van der Waals surface area contributed by atoms with Gasteiger partial charge in [-0.1, -0.05) is 50.3 Å². The third-order valence-electron chi connectivity index (χ3n) is 3.14. The van der Waals surface area contributed by atoms with Crippen molar-refractivity contribution in [3.63, 3.8) is 0 Å². The molecular formula is C16H16O2. The molecule has 0 bridgehead atoms. The lowest BCUT2D eigenvalue weighted by atomic mass is 9.90. The van der Waals surface area contributed by atoms with Gasteiger partial charge in [0.05, 0.1) is 0 Å². The minimum absolute atomic E-state index is 0.355. The monoisotopic (exact) mass is 240 g/mol. The van der Waals surface area contributed by atoms with Crippen LogP contribution < -0.4 is 10.9 Å². The molecule has 18 heavy (non-hydrogen) atoms. The fourth-order valence-corrected chi connectivity index (χ4v) is 2.14. The van der Waals surface area contributed by atoms with Gasteiger partial charge in [-0.15, -0.1) is 0 Å². The van der Waals surface area contributed by atoms with Crippen molar-refractivity contribution in [2.45, 2.75) is 26.7 Å². The normalized spacial score (nSPS) is 11.4. The summed E-state index contributed by atoms with van der Waals surface area (Å²) < 4.78 is 0. The largest absolute Gasteiger partial charge is 0.285 e. The molecule has 2 rings (SSSR count). The summed E-state index contributed by atoms with van der Waals surface area (Å²) in [6.07, 6.45) is 5.39. The molecule has 0 aliphatic rings. The quantitative estimate of drug-likeness (QED) is 0.770. The van der Waals surface area contributed by atoms with Gasteiger partial charge in [0, 0.05) is 11.1 Å². The van der Waals surface area contributed by atoms with E-state index in [-0.39, 0.29) is 10.9 Å². The lowest BCUT2D eigenvalue weighted by molar-refractivity contribution is 1.14. The predicted molar refractivity (Wildman–Crippen MR) is 75.5 cm³/mol.